The standard InChI is InChI=1S/C10H16N2OS.ClH/c1-7(5-11)6-12-10(13)9-8(2)3-4-14-9;/h3-4,7H,5-6,11H2,1-2H3,(H,12,13);1H. The average Bonchev–Trinajstić information content (AvgIpc) is 2.60. The summed E-state index contributed by atoms with van der Waals surface area (Å²) in [5, 5.41) is 4.80. The van der Waals surface area contributed by atoms with Gasteiger partial charge in [-0.3, -0.25) is 4.79 Å². The van der Waals surface area contributed by atoms with E-state index in [1.165, 1.54) is 11.3 Å². The van der Waals surface area contributed by atoms with E-state index in [1.54, 1.807) is 0 Å². The highest BCUT2D eigenvalue weighted by molar-refractivity contribution is 7.12. The number of nitrogens with two attached hydrogens (primary N) is 1. The summed E-state index contributed by atoms with van der Waals surface area (Å²) in [6.45, 7) is 5.20. The molecule has 0 aliphatic heterocycles. The molecular formula is C10H17ClN2OS. The van der Waals surface area contributed by atoms with Crippen molar-refractivity contribution in [3.8, 4) is 0 Å². The molecule has 1 amide bonds. The van der Waals surface area contributed by atoms with Crippen LogP contribution in [0.4, 0.5) is 0 Å². The number of aryl methyl sites for hydroxylation is 1. The smallest absolute Gasteiger partial charge is 0.261 e. The van der Waals surface area contributed by atoms with Gasteiger partial charge in [-0.2, -0.15) is 0 Å². The van der Waals surface area contributed by atoms with Crippen molar-refractivity contribution < 1.29 is 4.79 Å². The summed E-state index contributed by atoms with van der Waals surface area (Å²) in [4.78, 5) is 12.4. The zero-order valence-electron chi connectivity index (χ0n) is 8.95. The summed E-state index contributed by atoms with van der Waals surface area (Å²) in [5.74, 6) is 0.344. The molecule has 1 aromatic heterocycles. The molecule has 0 fully saturated rings. The second-order valence-corrected chi connectivity index (χ2v) is 4.40. The van der Waals surface area contributed by atoms with Crippen molar-refractivity contribution >= 4 is 29.7 Å². The fraction of sp³-hybridized carbons (Fsp3) is 0.500. The van der Waals surface area contributed by atoms with Gasteiger partial charge >= 0.3 is 0 Å². The fourth-order valence-electron chi connectivity index (χ4n) is 1.04. The molecular weight excluding hydrogens is 232 g/mol. The van der Waals surface area contributed by atoms with E-state index in [4.69, 9.17) is 5.73 Å². The van der Waals surface area contributed by atoms with E-state index in [1.807, 2.05) is 25.3 Å². The number of carbonyl (C=O) groups excluding carboxylic acids is 1. The summed E-state index contributed by atoms with van der Waals surface area (Å²) < 4.78 is 0. The van der Waals surface area contributed by atoms with Gasteiger partial charge in [-0.05, 0) is 36.4 Å². The SMILES string of the molecule is Cc1ccsc1C(=O)NCC(C)CN.Cl. The quantitative estimate of drug-likeness (QED) is 0.854. The third kappa shape index (κ3) is 4.20. The maximum atomic E-state index is 11.6. The first-order valence-corrected chi connectivity index (χ1v) is 5.55. The predicted octanol–water partition coefficient (Wildman–Crippen LogP) is 1.80. The molecule has 0 radical (unpaired) electrons. The monoisotopic (exact) mass is 248 g/mol. The highest BCUT2D eigenvalue weighted by Crippen LogP contribution is 2.14. The number of hydrogen-bond acceptors (Lipinski definition) is 3. The molecule has 1 atom stereocenters. The van der Waals surface area contributed by atoms with Gasteiger partial charge in [-0.15, -0.1) is 23.7 Å². The summed E-state index contributed by atoms with van der Waals surface area (Å²) in [6.07, 6.45) is 0. The van der Waals surface area contributed by atoms with Gasteiger partial charge in [0.2, 0.25) is 0 Å². The van der Waals surface area contributed by atoms with Crippen LogP contribution >= 0.6 is 23.7 Å². The van der Waals surface area contributed by atoms with Gasteiger partial charge in [-0.25, -0.2) is 0 Å². The lowest BCUT2D eigenvalue weighted by molar-refractivity contribution is 0.0952. The van der Waals surface area contributed by atoms with Gasteiger partial charge in [0.1, 0.15) is 0 Å². The van der Waals surface area contributed by atoms with Gasteiger partial charge in [0.25, 0.3) is 5.91 Å². The molecule has 1 heterocycles. The molecule has 0 saturated carbocycles. The summed E-state index contributed by atoms with van der Waals surface area (Å²) in [6, 6.07) is 1.95. The Hall–Kier alpha value is -0.580. The van der Waals surface area contributed by atoms with E-state index < -0.39 is 0 Å². The zero-order valence-corrected chi connectivity index (χ0v) is 10.6. The molecule has 0 bridgehead atoms. The van der Waals surface area contributed by atoms with Crippen molar-refractivity contribution in [2.24, 2.45) is 11.7 Å². The van der Waals surface area contributed by atoms with Crippen molar-refractivity contribution in [1.29, 1.82) is 0 Å². The maximum absolute atomic E-state index is 11.6. The van der Waals surface area contributed by atoms with Gasteiger partial charge in [0.05, 0.1) is 4.88 Å². The third-order valence-corrected chi connectivity index (χ3v) is 3.10. The first kappa shape index (κ1) is 14.4. The number of carbonyl (C=O) groups is 1. The van der Waals surface area contributed by atoms with Crippen molar-refractivity contribution in [2.75, 3.05) is 13.1 Å². The molecule has 15 heavy (non-hydrogen) atoms. The first-order valence-electron chi connectivity index (χ1n) is 4.67. The molecule has 1 rings (SSSR count). The Balaban J connectivity index is 0.00000196. The minimum Gasteiger partial charge on any atom is -0.351 e. The van der Waals surface area contributed by atoms with Crippen molar-refractivity contribution in [1.82, 2.24) is 5.32 Å². The predicted molar refractivity (Wildman–Crippen MR) is 66.9 cm³/mol. The summed E-state index contributed by atoms with van der Waals surface area (Å²) in [5.41, 5.74) is 6.49. The molecule has 0 saturated heterocycles. The lowest BCUT2D eigenvalue weighted by Gasteiger charge is -2.09. The Morgan fingerprint density at radius 3 is 2.80 bits per heavy atom. The topological polar surface area (TPSA) is 55.1 Å². The Morgan fingerprint density at radius 2 is 2.33 bits per heavy atom. The molecule has 5 heteroatoms. The number of amides is 1. The van der Waals surface area contributed by atoms with Crippen LogP contribution < -0.4 is 11.1 Å². The zero-order chi connectivity index (χ0) is 10.6. The molecule has 1 aromatic rings. The Kier molecular flexibility index (Phi) is 6.56. The van der Waals surface area contributed by atoms with E-state index >= 15 is 0 Å². The Bertz CT molecular complexity index is 314. The van der Waals surface area contributed by atoms with Crippen LogP contribution in [0.15, 0.2) is 11.4 Å². The Labute approximate surface area is 100 Å². The molecule has 1 unspecified atom stereocenters. The van der Waals surface area contributed by atoms with Crippen LogP contribution in [-0.4, -0.2) is 19.0 Å². The van der Waals surface area contributed by atoms with Crippen molar-refractivity contribution in [2.45, 2.75) is 13.8 Å². The van der Waals surface area contributed by atoms with E-state index in [9.17, 15) is 4.79 Å². The normalized spacial score (nSPS) is 11.7. The number of hydrogen-bond donors (Lipinski definition) is 2. The van der Waals surface area contributed by atoms with E-state index in [0.29, 0.717) is 19.0 Å². The average molecular weight is 249 g/mol. The highest BCUT2D eigenvalue weighted by atomic mass is 35.5. The van der Waals surface area contributed by atoms with Crippen LogP contribution in [0.2, 0.25) is 0 Å². The van der Waals surface area contributed by atoms with Gasteiger partial charge in [-0.1, -0.05) is 6.92 Å². The number of halogens is 1. The minimum atomic E-state index is 0. The molecule has 3 nitrogen and oxygen atoms in total. The second-order valence-electron chi connectivity index (χ2n) is 3.48. The Morgan fingerprint density at radius 1 is 1.67 bits per heavy atom. The van der Waals surface area contributed by atoms with Crippen LogP contribution in [0.25, 0.3) is 0 Å². The molecule has 0 aliphatic carbocycles. The second kappa shape index (κ2) is 6.82. The van der Waals surface area contributed by atoms with Gasteiger partial charge in [0.15, 0.2) is 0 Å². The van der Waals surface area contributed by atoms with E-state index in [0.717, 1.165) is 10.4 Å². The molecule has 0 spiro atoms. The summed E-state index contributed by atoms with van der Waals surface area (Å²) >= 11 is 1.47. The third-order valence-electron chi connectivity index (χ3n) is 2.08. The van der Waals surface area contributed by atoms with Gasteiger partial charge < -0.3 is 11.1 Å². The molecule has 86 valence electrons. The fourth-order valence-corrected chi connectivity index (χ4v) is 1.88. The summed E-state index contributed by atoms with van der Waals surface area (Å²) in [7, 11) is 0. The number of thiophene rings is 1. The number of rotatable bonds is 4. The molecule has 0 aromatic carbocycles. The molecule has 0 aliphatic rings. The first-order chi connectivity index (χ1) is 6.65. The van der Waals surface area contributed by atoms with Crippen LogP contribution in [0.1, 0.15) is 22.2 Å². The van der Waals surface area contributed by atoms with Gasteiger partial charge in [0, 0.05) is 6.54 Å². The van der Waals surface area contributed by atoms with Crippen LogP contribution in [0, 0.1) is 12.8 Å². The lowest BCUT2D eigenvalue weighted by atomic mass is 10.2. The van der Waals surface area contributed by atoms with Crippen LogP contribution in [0.5, 0.6) is 0 Å². The lowest BCUT2D eigenvalue weighted by Crippen LogP contribution is -2.31. The van der Waals surface area contributed by atoms with Crippen molar-refractivity contribution in [3.05, 3.63) is 21.9 Å². The van der Waals surface area contributed by atoms with E-state index in [2.05, 4.69) is 5.32 Å². The number of nitrogens with one attached hydrogen (secondary N) is 1. The molecule has 3 N–H and O–H groups in total. The maximum Gasteiger partial charge on any atom is 0.261 e. The van der Waals surface area contributed by atoms with Crippen molar-refractivity contribution in [3.63, 3.8) is 0 Å². The minimum absolute atomic E-state index is 0. The van der Waals surface area contributed by atoms with E-state index in [-0.39, 0.29) is 18.3 Å². The van der Waals surface area contributed by atoms with Crippen LogP contribution in [0.3, 0.4) is 0 Å². The highest BCUT2D eigenvalue weighted by Gasteiger charge is 2.10. The largest absolute Gasteiger partial charge is 0.351 e. The van der Waals surface area contributed by atoms with Crippen LogP contribution in [-0.2, 0) is 0 Å².